The van der Waals surface area contributed by atoms with E-state index < -0.39 is 5.82 Å². The van der Waals surface area contributed by atoms with Crippen LogP contribution in [0, 0.1) is 17.1 Å². The lowest BCUT2D eigenvalue weighted by Crippen LogP contribution is -2.04. The van der Waals surface area contributed by atoms with E-state index in [9.17, 15) is 9.18 Å². The largest absolute Gasteiger partial charge is 0.396 e. The van der Waals surface area contributed by atoms with Crippen LogP contribution in [0.25, 0.3) is 0 Å². The molecule has 0 fully saturated rings. The Bertz CT molecular complexity index is 426. The Morgan fingerprint density at radius 3 is 2.79 bits per heavy atom. The van der Waals surface area contributed by atoms with Gasteiger partial charge in [-0.2, -0.15) is 5.26 Å². The lowest BCUT2D eigenvalue weighted by Gasteiger charge is -2.02. The molecule has 0 aliphatic rings. The Kier molecular flexibility index (Phi) is 3.20. The zero-order chi connectivity index (χ0) is 10.7. The number of alkyl halides is 1. The van der Waals surface area contributed by atoms with Crippen LogP contribution < -0.4 is 5.73 Å². The van der Waals surface area contributed by atoms with Crippen LogP contribution in [-0.2, 0) is 0 Å². The molecule has 0 aliphatic heterocycles. The molecule has 72 valence electrons. The molecule has 0 saturated carbocycles. The van der Waals surface area contributed by atoms with E-state index >= 15 is 0 Å². The Morgan fingerprint density at radius 2 is 2.29 bits per heavy atom. The quantitative estimate of drug-likeness (QED) is 0.499. The molecule has 5 heteroatoms. The number of nitrogen functional groups attached to an aromatic ring is 1. The number of hydrogen-bond acceptors (Lipinski definition) is 3. The summed E-state index contributed by atoms with van der Waals surface area (Å²) in [6.45, 7) is 0. The van der Waals surface area contributed by atoms with E-state index in [1.165, 1.54) is 12.1 Å². The number of carbonyl (C=O) groups is 1. The van der Waals surface area contributed by atoms with Crippen LogP contribution in [0.15, 0.2) is 12.1 Å². The van der Waals surface area contributed by atoms with E-state index in [1.54, 1.807) is 6.07 Å². The molecule has 0 unspecified atom stereocenters. The van der Waals surface area contributed by atoms with Gasteiger partial charge >= 0.3 is 0 Å². The molecule has 0 atom stereocenters. The fourth-order valence-electron chi connectivity index (χ4n) is 0.966. The fraction of sp³-hybridized carbons (Fsp3) is 0.111. The Labute approximate surface area is 88.5 Å². The molecule has 1 aromatic carbocycles. The fourth-order valence-corrected chi connectivity index (χ4v) is 1.29. The summed E-state index contributed by atoms with van der Waals surface area (Å²) in [7, 11) is 0. The van der Waals surface area contributed by atoms with E-state index in [1.807, 2.05) is 0 Å². The van der Waals surface area contributed by atoms with Gasteiger partial charge in [0, 0.05) is 5.56 Å². The Balaban J connectivity index is 3.32. The summed E-state index contributed by atoms with van der Waals surface area (Å²) in [5, 5.41) is 8.67. The normalized spacial score (nSPS) is 9.50. The average molecular weight is 257 g/mol. The van der Waals surface area contributed by atoms with Gasteiger partial charge in [0.15, 0.2) is 11.6 Å². The van der Waals surface area contributed by atoms with Crippen molar-refractivity contribution in [3.8, 4) is 6.07 Å². The van der Waals surface area contributed by atoms with E-state index in [4.69, 9.17) is 11.0 Å². The van der Waals surface area contributed by atoms with Crippen molar-refractivity contribution in [2.45, 2.75) is 0 Å². The molecular weight excluding hydrogens is 251 g/mol. The molecule has 1 rings (SSSR count). The third kappa shape index (κ3) is 1.91. The van der Waals surface area contributed by atoms with E-state index in [0.717, 1.165) is 0 Å². The molecule has 14 heavy (non-hydrogen) atoms. The predicted octanol–water partition coefficient (Wildman–Crippen LogP) is 1.86. The first kappa shape index (κ1) is 10.7. The maximum absolute atomic E-state index is 13.1. The average Bonchev–Trinajstić information content (AvgIpc) is 2.20. The van der Waals surface area contributed by atoms with E-state index in [2.05, 4.69) is 15.9 Å². The molecule has 3 nitrogen and oxygen atoms in total. The van der Waals surface area contributed by atoms with Crippen LogP contribution in [0.1, 0.15) is 15.9 Å². The number of carbonyl (C=O) groups excluding carboxylic acids is 1. The molecule has 0 aromatic heterocycles. The minimum atomic E-state index is -0.779. The topological polar surface area (TPSA) is 66.9 Å². The van der Waals surface area contributed by atoms with E-state index in [-0.39, 0.29) is 27.9 Å². The lowest BCUT2D eigenvalue weighted by atomic mass is 10.1. The van der Waals surface area contributed by atoms with Crippen molar-refractivity contribution in [1.29, 1.82) is 5.26 Å². The van der Waals surface area contributed by atoms with Gasteiger partial charge in [-0.05, 0) is 12.1 Å². The lowest BCUT2D eigenvalue weighted by molar-refractivity contribution is 0.102. The molecule has 2 N–H and O–H groups in total. The van der Waals surface area contributed by atoms with Gasteiger partial charge in [-0.15, -0.1) is 0 Å². The maximum Gasteiger partial charge on any atom is 0.173 e. The monoisotopic (exact) mass is 256 g/mol. The van der Waals surface area contributed by atoms with Gasteiger partial charge in [0.1, 0.15) is 6.07 Å². The maximum atomic E-state index is 13.1. The van der Waals surface area contributed by atoms with Crippen molar-refractivity contribution in [3.05, 3.63) is 29.1 Å². The zero-order valence-electron chi connectivity index (χ0n) is 7.05. The number of anilines is 1. The number of benzene rings is 1. The summed E-state index contributed by atoms with van der Waals surface area (Å²) in [6, 6.07) is 4.04. The van der Waals surface area contributed by atoms with Gasteiger partial charge in [-0.25, -0.2) is 4.39 Å². The molecule has 0 spiro atoms. The SMILES string of the molecule is N#Cc1cc(C(=O)CBr)cc(N)c1F. The van der Waals surface area contributed by atoms with Crippen molar-refractivity contribution >= 4 is 27.4 Å². The molecule has 0 aliphatic carbocycles. The van der Waals surface area contributed by atoms with Gasteiger partial charge < -0.3 is 5.73 Å². The van der Waals surface area contributed by atoms with Crippen molar-refractivity contribution < 1.29 is 9.18 Å². The van der Waals surface area contributed by atoms with Gasteiger partial charge in [0.2, 0.25) is 0 Å². The number of Topliss-reactive ketones (excluding diaryl/α,β-unsaturated/α-hetero) is 1. The summed E-state index contributed by atoms with van der Waals surface area (Å²) in [5.74, 6) is -1.02. The molecule has 0 amide bonds. The van der Waals surface area contributed by atoms with Crippen molar-refractivity contribution in [1.82, 2.24) is 0 Å². The summed E-state index contributed by atoms with van der Waals surface area (Å²) < 4.78 is 13.1. The number of nitrogens with two attached hydrogens (primary N) is 1. The second kappa shape index (κ2) is 4.20. The number of halogens is 2. The first-order valence-electron chi connectivity index (χ1n) is 3.68. The zero-order valence-corrected chi connectivity index (χ0v) is 8.64. The van der Waals surface area contributed by atoms with Crippen molar-refractivity contribution in [2.24, 2.45) is 0 Å². The van der Waals surface area contributed by atoms with Crippen molar-refractivity contribution in [3.63, 3.8) is 0 Å². The predicted molar refractivity (Wildman–Crippen MR) is 53.7 cm³/mol. The van der Waals surface area contributed by atoms with Crippen LogP contribution in [0.5, 0.6) is 0 Å². The number of rotatable bonds is 2. The highest BCUT2D eigenvalue weighted by Crippen LogP contribution is 2.18. The van der Waals surface area contributed by atoms with Crippen molar-refractivity contribution in [2.75, 3.05) is 11.1 Å². The Morgan fingerprint density at radius 1 is 1.64 bits per heavy atom. The highest BCUT2D eigenvalue weighted by molar-refractivity contribution is 9.09. The number of nitriles is 1. The van der Waals surface area contributed by atoms with Gasteiger partial charge in [-0.3, -0.25) is 4.79 Å². The minimum Gasteiger partial charge on any atom is -0.396 e. The van der Waals surface area contributed by atoms with E-state index in [0.29, 0.717) is 0 Å². The second-order valence-electron chi connectivity index (χ2n) is 2.60. The first-order valence-corrected chi connectivity index (χ1v) is 4.80. The summed E-state index contributed by atoms with van der Waals surface area (Å²) in [6.07, 6.45) is 0. The molecule has 1 aromatic rings. The molecule has 0 heterocycles. The van der Waals surface area contributed by atoms with Gasteiger partial charge in [-0.1, -0.05) is 15.9 Å². The summed E-state index contributed by atoms with van der Waals surface area (Å²) in [4.78, 5) is 11.2. The highest BCUT2D eigenvalue weighted by atomic mass is 79.9. The highest BCUT2D eigenvalue weighted by Gasteiger charge is 2.11. The van der Waals surface area contributed by atoms with Crippen LogP contribution in [0.3, 0.4) is 0 Å². The standard InChI is InChI=1S/C9H6BrFN2O/c10-3-8(14)5-1-6(4-12)9(11)7(13)2-5/h1-2H,3,13H2. The third-order valence-corrected chi connectivity index (χ3v) is 2.17. The number of nitrogens with zero attached hydrogens (tertiary/aromatic N) is 1. The minimum absolute atomic E-state index is 0.114. The molecule has 0 saturated heterocycles. The summed E-state index contributed by atoms with van der Waals surface area (Å²) in [5.41, 5.74) is 5.13. The van der Waals surface area contributed by atoms with Crippen LogP contribution in [-0.4, -0.2) is 11.1 Å². The van der Waals surface area contributed by atoms with Crippen LogP contribution in [0.2, 0.25) is 0 Å². The van der Waals surface area contributed by atoms with Crippen LogP contribution in [0.4, 0.5) is 10.1 Å². The van der Waals surface area contributed by atoms with Crippen LogP contribution >= 0.6 is 15.9 Å². The first-order chi connectivity index (χ1) is 6.60. The van der Waals surface area contributed by atoms with Gasteiger partial charge in [0.25, 0.3) is 0 Å². The molecule has 0 radical (unpaired) electrons. The Hall–Kier alpha value is -1.41. The number of ketones is 1. The second-order valence-corrected chi connectivity index (χ2v) is 3.16. The molecular formula is C9H6BrFN2O. The number of hydrogen-bond donors (Lipinski definition) is 1. The smallest absolute Gasteiger partial charge is 0.173 e. The third-order valence-electron chi connectivity index (χ3n) is 1.66. The summed E-state index contributed by atoms with van der Waals surface area (Å²) >= 11 is 2.97. The van der Waals surface area contributed by atoms with Gasteiger partial charge in [0.05, 0.1) is 16.6 Å². The molecule has 0 bridgehead atoms.